The Hall–Kier alpha value is -1.58. The Kier molecular flexibility index (Phi) is 3.29. The smallest absolute Gasteiger partial charge is 0.306 e. The number of hydrogen-bond donors (Lipinski definition) is 2. The molecular formula is C11H16N2O2. The summed E-state index contributed by atoms with van der Waals surface area (Å²) in [6.45, 7) is 5.44. The number of aromatic nitrogens is 1. The van der Waals surface area contributed by atoms with E-state index in [1.165, 1.54) is 0 Å². The van der Waals surface area contributed by atoms with Crippen molar-refractivity contribution in [2.24, 2.45) is 5.92 Å². The largest absolute Gasteiger partial charge is 0.481 e. The lowest BCUT2D eigenvalue weighted by molar-refractivity contribution is -0.141. The van der Waals surface area contributed by atoms with Crippen molar-refractivity contribution in [2.45, 2.75) is 26.7 Å². The van der Waals surface area contributed by atoms with Crippen molar-refractivity contribution in [3.63, 3.8) is 0 Å². The first-order valence-corrected chi connectivity index (χ1v) is 4.88. The Bertz CT molecular complexity index is 377. The highest BCUT2D eigenvalue weighted by Crippen LogP contribution is 2.28. The number of pyridine rings is 1. The Morgan fingerprint density at radius 3 is 2.67 bits per heavy atom. The van der Waals surface area contributed by atoms with Crippen LogP contribution >= 0.6 is 0 Å². The molecule has 0 aliphatic carbocycles. The van der Waals surface area contributed by atoms with E-state index in [1.54, 1.807) is 13.1 Å². The van der Waals surface area contributed by atoms with Gasteiger partial charge in [-0.3, -0.25) is 4.79 Å². The van der Waals surface area contributed by atoms with Crippen LogP contribution in [-0.2, 0) is 4.79 Å². The third kappa shape index (κ3) is 2.46. The van der Waals surface area contributed by atoms with E-state index in [-0.39, 0.29) is 5.92 Å². The first-order chi connectivity index (χ1) is 6.93. The highest BCUT2D eigenvalue weighted by Gasteiger charge is 2.22. The lowest BCUT2D eigenvalue weighted by atomic mass is 9.89. The Morgan fingerprint density at radius 1 is 1.53 bits per heavy atom. The van der Waals surface area contributed by atoms with Gasteiger partial charge in [0.1, 0.15) is 5.82 Å². The predicted molar refractivity (Wildman–Crippen MR) is 58.6 cm³/mol. The Morgan fingerprint density at radius 2 is 2.13 bits per heavy atom. The van der Waals surface area contributed by atoms with Crippen LogP contribution in [0.25, 0.3) is 0 Å². The van der Waals surface area contributed by atoms with Gasteiger partial charge in [0.15, 0.2) is 0 Å². The number of nitrogens with zero attached hydrogens (tertiary/aromatic N) is 1. The summed E-state index contributed by atoms with van der Waals surface area (Å²) in [7, 11) is 0. The first kappa shape index (κ1) is 11.5. The highest BCUT2D eigenvalue weighted by molar-refractivity contribution is 5.71. The van der Waals surface area contributed by atoms with Gasteiger partial charge in [-0.25, -0.2) is 4.98 Å². The van der Waals surface area contributed by atoms with Crippen LogP contribution < -0.4 is 5.73 Å². The molecule has 0 aromatic carbocycles. The second-order valence-electron chi connectivity index (χ2n) is 3.90. The molecule has 4 nitrogen and oxygen atoms in total. The van der Waals surface area contributed by atoms with Gasteiger partial charge in [0.05, 0.1) is 5.92 Å². The zero-order valence-electron chi connectivity index (χ0n) is 9.19. The minimum atomic E-state index is -0.816. The van der Waals surface area contributed by atoms with Crippen LogP contribution in [0.5, 0.6) is 0 Å². The minimum Gasteiger partial charge on any atom is -0.481 e. The third-order valence-electron chi connectivity index (χ3n) is 2.72. The molecule has 2 atom stereocenters. The van der Waals surface area contributed by atoms with Gasteiger partial charge in [0.25, 0.3) is 0 Å². The van der Waals surface area contributed by atoms with Crippen LogP contribution in [0.1, 0.15) is 30.9 Å². The van der Waals surface area contributed by atoms with Crippen LogP contribution in [0.15, 0.2) is 12.3 Å². The summed E-state index contributed by atoms with van der Waals surface area (Å²) in [6, 6.07) is 1.90. The zero-order valence-corrected chi connectivity index (χ0v) is 9.19. The minimum absolute atomic E-state index is 0.130. The lowest BCUT2D eigenvalue weighted by Gasteiger charge is -2.18. The Labute approximate surface area is 89.1 Å². The molecule has 4 heteroatoms. The first-order valence-electron chi connectivity index (χ1n) is 4.88. The second-order valence-corrected chi connectivity index (χ2v) is 3.90. The van der Waals surface area contributed by atoms with Crippen molar-refractivity contribution >= 4 is 11.8 Å². The molecule has 0 amide bonds. The number of anilines is 1. The normalized spacial score (nSPS) is 14.6. The van der Waals surface area contributed by atoms with E-state index in [0.717, 1.165) is 11.1 Å². The van der Waals surface area contributed by atoms with E-state index in [2.05, 4.69) is 4.98 Å². The molecule has 0 radical (unpaired) electrons. The van der Waals surface area contributed by atoms with E-state index in [1.807, 2.05) is 19.9 Å². The molecule has 0 spiro atoms. The van der Waals surface area contributed by atoms with Gasteiger partial charge in [-0.15, -0.1) is 0 Å². The summed E-state index contributed by atoms with van der Waals surface area (Å²) in [4.78, 5) is 14.9. The maximum Gasteiger partial charge on any atom is 0.306 e. The fraction of sp³-hybridized carbons (Fsp3) is 0.455. The number of carboxylic acids is 1. The number of nitrogen functional groups attached to an aromatic ring is 1. The maximum atomic E-state index is 10.8. The summed E-state index contributed by atoms with van der Waals surface area (Å²) < 4.78 is 0. The van der Waals surface area contributed by atoms with Crippen LogP contribution in [0, 0.1) is 12.8 Å². The molecule has 0 fully saturated rings. The third-order valence-corrected chi connectivity index (χ3v) is 2.72. The fourth-order valence-corrected chi connectivity index (χ4v) is 1.45. The molecular weight excluding hydrogens is 192 g/mol. The maximum absolute atomic E-state index is 10.8. The number of aliphatic carboxylic acids is 1. The topological polar surface area (TPSA) is 76.2 Å². The second kappa shape index (κ2) is 4.29. The summed E-state index contributed by atoms with van der Waals surface area (Å²) >= 11 is 0. The van der Waals surface area contributed by atoms with Gasteiger partial charge in [0, 0.05) is 6.20 Å². The summed E-state index contributed by atoms with van der Waals surface area (Å²) in [5.41, 5.74) is 7.52. The molecule has 1 aromatic rings. The van der Waals surface area contributed by atoms with Crippen LogP contribution in [0.4, 0.5) is 5.82 Å². The molecule has 3 N–H and O–H groups in total. The van der Waals surface area contributed by atoms with E-state index in [4.69, 9.17) is 10.8 Å². The van der Waals surface area contributed by atoms with Crippen molar-refractivity contribution in [2.75, 3.05) is 5.73 Å². The van der Waals surface area contributed by atoms with Crippen LogP contribution in [0.3, 0.4) is 0 Å². The summed E-state index contributed by atoms with van der Waals surface area (Å²) in [5.74, 6) is -0.990. The molecule has 0 saturated heterocycles. The molecule has 1 rings (SSSR count). The standard InChI is InChI=1S/C11H16N2O2/c1-6-4-9(10(12)13-5-6)7(2)8(3)11(14)15/h4-5,7-8H,1-3H3,(H2,12,13)(H,14,15). The average Bonchev–Trinajstić information content (AvgIpc) is 2.19. The zero-order chi connectivity index (χ0) is 11.6. The van der Waals surface area contributed by atoms with E-state index < -0.39 is 11.9 Å². The summed E-state index contributed by atoms with van der Waals surface area (Å²) in [6.07, 6.45) is 1.68. The molecule has 0 aliphatic heterocycles. The number of hydrogen-bond acceptors (Lipinski definition) is 3. The van der Waals surface area contributed by atoms with E-state index in [9.17, 15) is 4.79 Å². The van der Waals surface area contributed by atoms with Crippen molar-refractivity contribution in [1.29, 1.82) is 0 Å². The van der Waals surface area contributed by atoms with Crippen molar-refractivity contribution in [3.8, 4) is 0 Å². The van der Waals surface area contributed by atoms with Crippen molar-refractivity contribution in [3.05, 3.63) is 23.4 Å². The van der Waals surface area contributed by atoms with Gasteiger partial charge in [0.2, 0.25) is 0 Å². The van der Waals surface area contributed by atoms with Gasteiger partial charge in [-0.1, -0.05) is 19.9 Å². The quantitative estimate of drug-likeness (QED) is 0.794. The highest BCUT2D eigenvalue weighted by atomic mass is 16.4. The van der Waals surface area contributed by atoms with Gasteiger partial charge < -0.3 is 10.8 Å². The van der Waals surface area contributed by atoms with E-state index in [0.29, 0.717) is 5.82 Å². The van der Waals surface area contributed by atoms with Gasteiger partial charge >= 0.3 is 5.97 Å². The van der Waals surface area contributed by atoms with Crippen LogP contribution in [0.2, 0.25) is 0 Å². The van der Waals surface area contributed by atoms with Crippen molar-refractivity contribution in [1.82, 2.24) is 4.98 Å². The monoisotopic (exact) mass is 208 g/mol. The molecule has 82 valence electrons. The predicted octanol–water partition coefficient (Wildman–Crippen LogP) is 1.80. The lowest BCUT2D eigenvalue weighted by Crippen LogP contribution is -2.18. The number of aryl methyl sites for hydroxylation is 1. The fourth-order valence-electron chi connectivity index (χ4n) is 1.45. The van der Waals surface area contributed by atoms with Gasteiger partial charge in [-0.2, -0.15) is 0 Å². The molecule has 2 unspecified atom stereocenters. The Balaban J connectivity index is 3.04. The number of carbonyl (C=O) groups is 1. The number of nitrogens with two attached hydrogens (primary N) is 1. The molecule has 1 aromatic heterocycles. The van der Waals surface area contributed by atoms with E-state index >= 15 is 0 Å². The molecule has 0 aliphatic rings. The summed E-state index contributed by atoms with van der Waals surface area (Å²) in [5, 5.41) is 8.91. The number of carboxylic acid groups (broad SMARTS) is 1. The molecule has 0 bridgehead atoms. The average molecular weight is 208 g/mol. The number of rotatable bonds is 3. The molecule has 15 heavy (non-hydrogen) atoms. The van der Waals surface area contributed by atoms with Crippen LogP contribution in [-0.4, -0.2) is 16.1 Å². The van der Waals surface area contributed by atoms with Gasteiger partial charge in [-0.05, 0) is 24.0 Å². The molecule has 1 heterocycles. The van der Waals surface area contributed by atoms with Crippen molar-refractivity contribution < 1.29 is 9.90 Å². The molecule has 0 saturated carbocycles. The SMILES string of the molecule is Cc1cnc(N)c(C(C)C(C)C(=O)O)c1.